The van der Waals surface area contributed by atoms with Crippen LogP contribution in [-0.2, 0) is 6.42 Å². The molecule has 2 heterocycles. The van der Waals surface area contributed by atoms with E-state index >= 15 is 0 Å². The Morgan fingerprint density at radius 1 is 1.37 bits per heavy atom. The van der Waals surface area contributed by atoms with Gasteiger partial charge in [0, 0.05) is 6.42 Å². The number of aromatic nitrogens is 4. The summed E-state index contributed by atoms with van der Waals surface area (Å²) in [4.78, 5) is 0.814. The molecule has 0 spiro atoms. The van der Waals surface area contributed by atoms with E-state index in [-0.39, 0.29) is 0 Å². The maximum atomic E-state index is 5.90. The first-order chi connectivity index (χ1) is 9.17. The minimum absolute atomic E-state index is 0.638. The predicted molar refractivity (Wildman–Crippen MR) is 73.6 cm³/mol. The van der Waals surface area contributed by atoms with E-state index in [4.69, 9.17) is 10.5 Å². The largest absolute Gasteiger partial charge is 0.495 e. The van der Waals surface area contributed by atoms with Crippen LogP contribution in [0.2, 0.25) is 0 Å². The Labute approximate surface area is 113 Å². The number of hydrogen-bond acceptors (Lipinski definition) is 6. The number of fused-ring (bicyclic) bond motifs is 1. The first-order valence-electron chi connectivity index (χ1n) is 5.77. The number of nitrogens with zero attached hydrogens (tertiary/aromatic N) is 4. The van der Waals surface area contributed by atoms with Gasteiger partial charge in [-0.2, -0.15) is 9.61 Å². The Balaban J connectivity index is 1.89. The van der Waals surface area contributed by atoms with Gasteiger partial charge in [-0.25, -0.2) is 0 Å². The lowest BCUT2D eigenvalue weighted by Crippen LogP contribution is -1.96. The molecule has 19 heavy (non-hydrogen) atoms. The Hall–Kier alpha value is -2.15. The topological polar surface area (TPSA) is 78.3 Å². The third-order valence-electron chi connectivity index (χ3n) is 2.84. The van der Waals surface area contributed by atoms with Crippen molar-refractivity contribution < 1.29 is 4.74 Å². The summed E-state index contributed by atoms with van der Waals surface area (Å²) in [5.41, 5.74) is 7.63. The number of rotatable bonds is 3. The lowest BCUT2D eigenvalue weighted by atomic mass is 10.1. The Kier molecular flexibility index (Phi) is 2.83. The molecule has 2 N–H and O–H groups in total. The molecule has 0 unspecified atom stereocenters. The summed E-state index contributed by atoms with van der Waals surface area (Å²) in [7, 11) is 1.61. The second-order valence-electron chi connectivity index (χ2n) is 4.19. The first-order valence-corrected chi connectivity index (χ1v) is 6.59. The van der Waals surface area contributed by atoms with E-state index < -0.39 is 0 Å². The summed E-state index contributed by atoms with van der Waals surface area (Å²) in [5, 5.41) is 13.5. The van der Waals surface area contributed by atoms with Gasteiger partial charge in [0.2, 0.25) is 4.96 Å². The molecule has 0 saturated heterocycles. The van der Waals surface area contributed by atoms with E-state index in [2.05, 4.69) is 15.3 Å². The molecule has 3 aromatic rings. The number of benzene rings is 1. The number of nitrogen functional groups attached to an aromatic ring is 1. The van der Waals surface area contributed by atoms with Crippen LogP contribution in [0, 0.1) is 6.92 Å². The molecule has 0 radical (unpaired) electrons. The molecule has 6 nitrogen and oxygen atoms in total. The molecule has 3 rings (SSSR count). The monoisotopic (exact) mass is 275 g/mol. The molecule has 0 aliphatic heterocycles. The molecule has 0 amide bonds. The molecule has 0 fully saturated rings. The number of aryl methyl sites for hydroxylation is 1. The van der Waals surface area contributed by atoms with Crippen molar-refractivity contribution in [3.63, 3.8) is 0 Å². The smallest absolute Gasteiger partial charge is 0.234 e. The third-order valence-corrected chi connectivity index (χ3v) is 3.74. The van der Waals surface area contributed by atoms with Gasteiger partial charge in [-0.1, -0.05) is 17.4 Å². The quantitative estimate of drug-likeness (QED) is 0.736. The molecule has 0 saturated carbocycles. The molecule has 98 valence electrons. The lowest BCUT2D eigenvalue weighted by Gasteiger charge is -2.05. The summed E-state index contributed by atoms with van der Waals surface area (Å²) in [6, 6.07) is 5.77. The van der Waals surface area contributed by atoms with Gasteiger partial charge < -0.3 is 10.5 Å². The van der Waals surface area contributed by atoms with E-state index in [9.17, 15) is 0 Å². The summed E-state index contributed by atoms with van der Waals surface area (Å²) < 4.78 is 6.90. The van der Waals surface area contributed by atoms with E-state index in [1.54, 1.807) is 11.6 Å². The normalized spacial score (nSPS) is 11.1. The Morgan fingerprint density at radius 3 is 2.89 bits per heavy atom. The van der Waals surface area contributed by atoms with Crippen molar-refractivity contribution in [2.45, 2.75) is 13.3 Å². The van der Waals surface area contributed by atoms with Gasteiger partial charge in [-0.3, -0.25) is 0 Å². The van der Waals surface area contributed by atoms with Crippen molar-refractivity contribution in [3.8, 4) is 5.75 Å². The minimum Gasteiger partial charge on any atom is -0.495 e. The van der Waals surface area contributed by atoms with Crippen LogP contribution in [0.1, 0.15) is 16.4 Å². The Bertz CT molecular complexity index is 733. The number of ether oxygens (including phenoxy) is 1. The molecule has 0 aliphatic rings. The van der Waals surface area contributed by atoms with Gasteiger partial charge in [0.25, 0.3) is 0 Å². The van der Waals surface area contributed by atoms with E-state index in [1.165, 1.54) is 11.3 Å². The molecule has 0 aliphatic carbocycles. The van der Waals surface area contributed by atoms with Crippen LogP contribution in [0.25, 0.3) is 4.96 Å². The van der Waals surface area contributed by atoms with Crippen molar-refractivity contribution in [1.82, 2.24) is 19.8 Å². The van der Waals surface area contributed by atoms with E-state index in [0.717, 1.165) is 27.8 Å². The number of nitrogens with two attached hydrogens (primary N) is 1. The minimum atomic E-state index is 0.638. The average Bonchev–Trinajstić information content (AvgIpc) is 2.92. The van der Waals surface area contributed by atoms with Crippen LogP contribution < -0.4 is 10.5 Å². The summed E-state index contributed by atoms with van der Waals surface area (Å²) in [6.45, 7) is 1.88. The molecule has 1 aromatic carbocycles. The number of hydrogen-bond donors (Lipinski definition) is 1. The van der Waals surface area contributed by atoms with Gasteiger partial charge in [-0.15, -0.1) is 10.2 Å². The molecule has 0 bridgehead atoms. The predicted octanol–water partition coefficient (Wildman–Crippen LogP) is 1.68. The standard InChI is InChI=1S/C12H13N5OS/c1-7-14-15-12-17(7)16-11(19-12)6-8-3-4-10(18-2)9(13)5-8/h3-5H,6,13H2,1-2H3. The van der Waals surface area contributed by atoms with E-state index in [0.29, 0.717) is 11.4 Å². The fourth-order valence-electron chi connectivity index (χ4n) is 1.89. The SMILES string of the molecule is COc1ccc(Cc2nn3c(C)nnc3s2)cc1N. The van der Waals surface area contributed by atoms with Gasteiger partial charge in [0.15, 0.2) is 5.82 Å². The second-order valence-corrected chi connectivity index (χ2v) is 5.23. The fraction of sp³-hybridized carbons (Fsp3) is 0.250. The summed E-state index contributed by atoms with van der Waals surface area (Å²) >= 11 is 1.53. The van der Waals surface area contributed by atoms with Crippen LogP contribution in [0.3, 0.4) is 0 Å². The van der Waals surface area contributed by atoms with Crippen LogP contribution >= 0.6 is 11.3 Å². The molecular formula is C12H13N5OS. The highest BCUT2D eigenvalue weighted by Crippen LogP contribution is 2.24. The average molecular weight is 275 g/mol. The number of anilines is 1. The maximum absolute atomic E-state index is 5.90. The highest BCUT2D eigenvalue weighted by Gasteiger charge is 2.10. The zero-order chi connectivity index (χ0) is 13.4. The zero-order valence-electron chi connectivity index (χ0n) is 10.6. The van der Waals surface area contributed by atoms with Gasteiger partial charge in [0.1, 0.15) is 10.8 Å². The summed E-state index contributed by atoms with van der Waals surface area (Å²) in [5.74, 6) is 1.49. The van der Waals surface area contributed by atoms with Crippen LogP contribution in [0.4, 0.5) is 5.69 Å². The fourth-order valence-corrected chi connectivity index (χ4v) is 2.81. The Morgan fingerprint density at radius 2 is 2.21 bits per heavy atom. The lowest BCUT2D eigenvalue weighted by molar-refractivity contribution is 0.417. The highest BCUT2D eigenvalue weighted by molar-refractivity contribution is 7.16. The molecular weight excluding hydrogens is 262 g/mol. The van der Waals surface area contributed by atoms with Crippen molar-refractivity contribution in [3.05, 3.63) is 34.6 Å². The van der Waals surface area contributed by atoms with Crippen molar-refractivity contribution in [2.75, 3.05) is 12.8 Å². The second kappa shape index (κ2) is 4.51. The first kappa shape index (κ1) is 11.9. The third kappa shape index (κ3) is 2.12. The molecule has 2 aromatic heterocycles. The van der Waals surface area contributed by atoms with Crippen molar-refractivity contribution in [1.29, 1.82) is 0 Å². The number of methoxy groups -OCH3 is 1. The maximum Gasteiger partial charge on any atom is 0.234 e. The molecule has 0 atom stereocenters. The zero-order valence-corrected chi connectivity index (χ0v) is 11.4. The van der Waals surface area contributed by atoms with Crippen molar-refractivity contribution in [2.24, 2.45) is 0 Å². The van der Waals surface area contributed by atoms with Gasteiger partial charge >= 0.3 is 0 Å². The van der Waals surface area contributed by atoms with E-state index in [1.807, 2.05) is 25.1 Å². The van der Waals surface area contributed by atoms with Crippen LogP contribution in [-0.4, -0.2) is 26.9 Å². The van der Waals surface area contributed by atoms with Crippen LogP contribution in [0.5, 0.6) is 5.75 Å². The highest BCUT2D eigenvalue weighted by atomic mass is 32.1. The van der Waals surface area contributed by atoms with Gasteiger partial charge in [-0.05, 0) is 24.6 Å². The molecule has 7 heteroatoms. The van der Waals surface area contributed by atoms with Gasteiger partial charge in [0.05, 0.1) is 12.8 Å². The summed E-state index contributed by atoms with van der Waals surface area (Å²) in [6.07, 6.45) is 0.724. The van der Waals surface area contributed by atoms with Crippen molar-refractivity contribution >= 4 is 22.0 Å². The van der Waals surface area contributed by atoms with Crippen LogP contribution in [0.15, 0.2) is 18.2 Å².